The Bertz CT molecular complexity index is 980. The number of ether oxygens (including phenoxy) is 1. The summed E-state index contributed by atoms with van der Waals surface area (Å²) in [5.41, 5.74) is 5.90. The van der Waals surface area contributed by atoms with Crippen molar-refractivity contribution in [3.8, 4) is 5.75 Å². The van der Waals surface area contributed by atoms with Crippen LogP contribution in [-0.4, -0.2) is 21.4 Å². The third-order valence-electron chi connectivity index (χ3n) is 4.10. The number of hydrogen-bond donors (Lipinski definition) is 1. The zero-order chi connectivity index (χ0) is 19.9. The highest BCUT2D eigenvalue weighted by Gasteiger charge is 2.06. The number of hydrazone groups is 1. The number of aryl methyl sites for hydroxylation is 1. The van der Waals surface area contributed by atoms with Crippen LogP contribution in [0.2, 0.25) is 0 Å². The standard InChI is InChI=1S/C21H21BrN4O2/c1-15(13-26-16(2)11-12-23-26)24-25-21(27)18-9-7-17(8-10-18)14-28-20-6-4-3-5-19(20)22/h3-12H,13-14H2,1-2H3,(H,25,27)/b24-15-. The van der Waals surface area contributed by atoms with Crippen molar-refractivity contribution in [2.45, 2.75) is 27.0 Å². The first kappa shape index (κ1) is 19.8. The molecular weight excluding hydrogens is 420 g/mol. The number of para-hydroxylation sites is 1. The lowest BCUT2D eigenvalue weighted by Gasteiger charge is -2.08. The Balaban J connectivity index is 1.54. The van der Waals surface area contributed by atoms with Gasteiger partial charge in [0.15, 0.2) is 0 Å². The highest BCUT2D eigenvalue weighted by Crippen LogP contribution is 2.24. The third-order valence-corrected chi connectivity index (χ3v) is 4.76. The normalized spacial score (nSPS) is 11.3. The van der Waals surface area contributed by atoms with Gasteiger partial charge in [-0.25, -0.2) is 5.43 Å². The van der Waals surface area contributed by atoms with Crippen LogP contribution < -0.4 is 10.2 Å². The Hall–Kier alpha value is -2.93. The molecule has 0 aliphatic rings. The molecule has 0 bridgehead atoms. The van der Waals surface area contributed by atoms with E-state index in [-0.39, 0.29) is 5.91 Å². The fourth-order valence-corrected chi connectivity index (χ4v) is 2.90. The van der Waals surface area contributed by atoms with E-state index >= 15 is 0 Å². The van der Waals surface area contributed by atoms with Crippen molar-refractivity contribution in [1.82, 2.24) is 15.2 Å². The summed E-state index contributed by atoms with van der Waals surface area (Å²) in [5.74, 6) is 0.524. The maximum atomic E-state index is 12.3. The molecule has 6 nitrogen and oxygen atoms in total. The third kappa shape index (κ3) is 5.29. The van der Waals surface area contributed by atoms with Gasteiger partial charge in [0.25, 0.3) is 5.91 Å². The van der Waals surface area contributed by atoms with Crippen molar-refractivity contribution in [3.63, 3.8) is 0 Å². The predicted octanol–water partition coefficient (Wildman–Crippen LogP) is 4.34. The van der Waals surface area contributed by atoms with Crippen LogP contribution in [-0.2, 0) is 13.2 Å². The number of hydrogen-bond acceptors (Lipinski definition) is 4. The summed E-state index contributed by atoms with van der Waals surface area (Å²) < 4.78 is 8.52. The van der Waals surface area contributed by atoms with Gasteiger partial charge in [-0.15, -0.1) is 0 Å². The molecule has 0 unspecified atom stereocenters. The lowest BCUT2D eigenvalue weighted by atomic mass is 10.1. The van der Waals surface area contributed by atoms with Gasteiger partial charge >= 0.3 is 0 Å². The zero-order valence-corrected chi connectivity index (χ0v) is 17.3. The molecule has 3 aromatic rings. The molecule has 0 spiro atoms. The van der Waals surface area contributed by atoms with Gasteiger partial charge in [-0.05, 0) is 65.7 Å². The Kier molecular flexibility index (Phi) is 6.60. The average Bonchev–Trinajstić information content (AvgIpc) is 3.10. The monoisotopic (exact) mass is 440 g/mol. The van der Waals surface area contributed by atoms with Crippen molar-refractivity contribution in [2.75, 3.05) is 0 Å². The molecule has 2 aromatic carbocycles. The molecule has 1 amide bonds. The minimum Gasteiger partial charge on any atom is -0.488 e. The van der Waals surface area contributed by atoms with Crippen molar-refractivity contribution >= 4 is 27.5 Å². The fourth-order valence-electron chi connectivity index (χ4n) is 2.50. The first-order valence-corrected chi connectivity index (χ1v) is 9.60. The van der Waals surface area contributed by atoms with E-state index in [1.165, 1.54) is 0 Å². The van der Waals surface area contributed by atoms with Gasteiger partial charge in [-0.1, -0.05) is 24.3 Å². The van der Waals surface area contributed by atoms with E-state index in [1.807, 2.05) is 61.0 Å². The number of nitrogens with one attached hydrogen (secondary N) is 1. The average molecular weight is 441 g/mol. The van der Waals surface area contributed by atoms with Crippen LogP contribution in [0, 0.1) is 6.92 Å². The zero-order valence-electron chi connectivity index (χ0n) is 15.7. The fraction of sp³-hybridized carbons (Fsp3) is 0.190. The van der Waals surface area contributed by atoms with Crippen molar-refractivity contribution < 1.29 is 9.53 Å². The van der Waals surface area contributed by atoms with Crippen molar-refractivity contribution in [2.24, 2.45) is 5.10 Å². The molecule has 0 saturated carbocycles. The lowest BCUT2D eigenvalue weighted by molar-refractivity contribution is 0.0954. The van der Waals surface area contributed by atoms with E-state index in [1.54, 1.807) is 18.3 Å². The minimum atomic E-state index is -0.255. The summed E-state index contributed by atoms with van der Waals surface area (Å²) in [6.45, 7) is 4.78. The molecule has 0 aliphatic carbocycles. The van der Waals surface area contributed by atoms with Gasteiger partial charge in [0, 0.05) is 17.5 Å². The molecular formula is C21H21BrN4O2. The maximum Gasteiger partial charge on any atom is 0.271 e. The Morgan fingerprint density at radius 1 is 1.18 bits per heavy atom. The van der Waals surface area contributed by atoms with E-state index in [0.717, 1.165) is 27.2 Å². The molecule has 1 aromatic heterocycles. The van der Waals surface area contributed by atoms with Crippen LogP contribution in [0.15, 0.2) is 70.4 Å². The lowest BCUT2D eigenvalue weighted by Crippen LogP contribution is -2.21. The molecule has 1 N–H and O–H groups in total. The molecule has 1 heterocycles. The van der Waals surface area contributed by atoms with Gasteiger partial charge in [0.2, 0.25) is 0 Å². The molecule has 0 aliphatic heterocycles. The number of aromatic nitrogens is 2. The number of carbonyl (C=O) groups is 1. The van der Waals surface area contributed by atoms with Crippen molar-refractivity contribution in [3.05, 3.63) is 82.1 Å². The number of amides is 1. The molecule has 0 radical (unpaired) electrons. The predicted molar refractivity (Wildman–Crippen MR) is 112 cm³/mol. The Morgan fingerprint density at radius 2 is 1.93 bits per heavy atom. The second kappa shape index (κ2) is 9.32. The molecule has 0 fully saturated rings. The summed E-state index contributed by atoms with van der Waals surface area (Å²) >= 11 is 3.46. The first-order chi connectivity index (χ1) is 13.5. The molecule has 0 saturated heterocycles. The smallest absolute Gasteiger partial charge is 0.271 e. The first-order valence-electron chi connectivity index (χ1n) is 8.81. The number of benzene rings is 2. The van der Waals surface area contributed by atoms with Crippen molar-refractivity contribution in [1.29, 1.82) is 0 Å². The summed E-state index contributed by atoms with van der Waals surface area (Å²) in [6, 6.07) is 16.9. The second-order valence-corrected chi connectivity index (χ2v) is 7.19. The Labute approximate surface area is 172 Å². The van der Waals surface area contributed by atoms with E-state index in [0.29, 0.717) is 18.7 Å². The quantitative estimate of drug-likeness (QED) is 0.438. The SMILES string of the molecule is C/C(Cn1nccc1C)=N/NC(=O)c1ccc(COc2ccccc2Br)cc1. The van der Waals surface area contributed by atoms with E-state index in [4.69, 9.17) is 4.74 Å². The molecule has 7 heteroatoms. The number of rotatable bonds is 7. The largest absolute Gasteiger partial charge is 0.488 e. The number of carbonyl (C=O) groups excluding carboxylic acids is 1. The number of halogens is 1. The summed E-state index contributed by atoms with van der Waals surface area (Å²) in [7, 11) is 0. The van der Waals surface area contributed by atoms with Crippen LogP contribution >= 0.6 is 15.9 Å². The summed E-state index contributed by atoms with van der Waals surface area (Å²) in [5, 5.41) is 8.35. The van der Waals surface area contributed by atoms with Gasteiger partial charge in [-0.3, -0.25) is 9.48 Å². The van der Waals surface area contributed by atoms with Gasteiger partial charge in [-0.2, -0.15) is 10.2 Å². The number of nitrogens with zero attached hydrogens (tertiary/aromatic N) is 3. The summed E-state index contributed by atoms with van der Waals surface area (Å²) in [4.78, 5) is 12.3. The van der Waals surface area contributed by atoms with Crippen LogP contribution in [0.4, 0.5) is 0 Å². The van der Waals surface area contributed by atoms with Crippen LogP contribution in [0.25, 0.3) is 0 Å². The molecule has 0 atom stereocenters. The highest BCUT2D eigenvalue weighted by molar-refractivity contribution is 9.10. The Morgan fingerprint density at radius 3 is 2.61 bits per heavy atom. The van der Waals surface area contributed by atoms with Crippen LogP contribution in [0.5, 0.6) is 5.75 Å². The highest BCUT2D eigenvalue weighted by atomic mass is 79.9. The topological polar surface area (TPSA) is 68.5 Å². The molecule has 28 heavy (non-hydrogen) atoms. The minimum absolute atomic E-state index is 0.255. The van der Waals surface area contributed by atoms with Crippen LogP contribution in [0.1, 0.15) is 28.5 Å². The van der Waals surface area contributed by atoms with E-state index in [2.05, 4.69) is 31.6 Å². The molecule has 3 rings (SSSR count). The van der Waals surface area contributed by atoms with Gasteiger partial charge in [0.05, 0.1) is 16.7 Å². The maximum absolute atomic E-state index is 12.3. The van der Waals surface area contributed by atoms with Gasteiger partial charge < -0.3 is 4.74 Å². The van der Waals surface area contributed by atoms with E-state index in [9.17, 15) is 4.79 Å². The summed E-state index contributed by atoms with van der Waals surface area (Å²) in [6.07, 6.45) is 1.74. The molecule has 144 valence electrons. The van der Waals surface area contributed by atoms with Crippen LogP contribution in [0.3, 0.4) is 0 Å². The second-order valence-electron chi connectivity index (χ2n) is 6.33. The van der Waals surface area contributed by atoms with Gasteiger partial charge in [0.1, 0.15) is 12.4 Å². The van der Waals surface area contributed by atoms with E-state index < -0.39 is 0 Å².